The van der Waals surface area contributed by atoms with E-state index in [1.165, 1.54) is 19.2 Å². The molecule has 0 spiro atoms. The zero-order chi connectivity index (χ0) is 19.6. The molecule has 0 aliphatic rings. The maximum Gasteiger partial charge on any atom is 0.405 e. The lowest BCUT2D eigenvalue weighted by atomic mass is 10.2. The van der Waals surface area contributed by atoms with Crippen LogP contribution in [0.25, 0.3) is 11.0 Å². The molecule has 0 aliphatic heterocycles. The Bertz CT molecular complexity index is 988. The molecule has 0 unspecified atom stereocenters. The molecule has 2 heterocycles. The Morgan fingerprint density at radius 3 is 2.70 bits per heavy atom. The van der Waals surface area contributed by atoms with E-state index in [0.29, 0.717) is 16.7 Å². The first kappa shape index (κ1) is 18.8. The highest BCUT2D eigenvalue weighted by Gasteiger charge is 2.27. The number of aromatic nitrogens is 3. The van der Waals surface area contributed by atoms with Gasteiger partial charge >= 0.3 is 6.18 Å². The minimum absolute atomic E-state index is 0.0363. The van der Waals surface area contributed by atoms with Gasteiger partial charge in [0.05, 0.1) is 16.0 Å². The number of hydrogen-bond donors (Lipinski definition) is 4. The van der Waals surface area contributed by atoms with Gasteiger partial charge in [-0.25, -0.2) is 0 Å². The highest BCUT2D eigenvalue weighted by molar-refractivity contribution is 6.34. The van der Waals surface area contributed by atoms with Crippen LogP contribution in [0, 0.1) is 0 Å². The first-order valence-corrected chi connectivity index (χ1v) is 8.09. The van der Waals surface area contributed by atoms with Crippen LogP contribution in [0.3, 0.4) is 0 Å². The van der Waals surface area contributed by atoms with E-state index in [0.717, 1.165) is 0 Å². The zero-order valence-corrected chi connectivity index (χ0v) is 14.7. The number of carbonyl (C=O) groups excluding carboxylic acids is 1. The predicted octanol–water partition coefficient (Wildman–Crippen LogP) is 3.69. The monoisotopic (exact) mass is 398 g/mol. The number of halogens is 4. The van der Waals surface area contributed by atoms with Crippen LogP contribution in [0.4, 0.5) is 30.6 Å². The van der Waals surface area contributed by atoms with E-state index in [1.807, 2.05) is 0 Å². The SMILES string of the molecule is CNC(=O)c1ccc(Nc2nc(NCC(F)(F)F)c3cc[nH]c3n2)cc1Cl. The van der Waals surface area contributed by atoms with E-state index in [-0.39, 0.29) is 28.3 Å². The molecule has 11 heteroatoms. The fourth-order valence-corrected chi connectivity index (χ4v) is 2.62. The third-order valence-electron chi connectivity index (χ3n) is 3.57. The molecule has 0 atom stereocenters. The quantitative estimate of drug-likeness (QED) is 0.526. The Morgan fingerprint density at radius 2 is 2.04 bits per heavy atom. The van der Waals surface area contributed by atoms with E-state index in [2.05, 4.69) is 30.9 Å². The molecule has 0 radical (unpaired) electrons. The molecule has 142 valence electrons. The zero-order valence-electron chi connectivity index (χ0n) is 13.9. The highest BCUT2D eigenvalue weighted by atomic mass is 35.5. The Kier molecular flexibility index (Phi) is 5.08. The molecule has 2 aromatic heterocycles. The first-order chi connectivity index (χ1) is 12.8. The summed E-state index contributed by atoms with van der Waals surface area (Å²) in [6, 6.07) is 6.17. The number of carbonyl (C=O) groups is 1. The molecule has 0 saturated heterocycles. The molecular formula is C16H14ClF3N6O. The normalized spacial score (nSPS) is 11.4. The van der Waals surface area contributed by atoms with Gasteiger partial charge < -0.3 is 20.9 Å². The highest BCUT2D eigenvalue weighted by Crippen LogP contribution is 2.26. The third-order valence-corrected chi connectivity index (χ3v) is 3.88. The molecule has 0 bridgehead atoms. The van der Waals surface area contributed by atoms with Crippen LogP contribution < -0.4 is 16.0 Å². The van der Waals surface area contributed by atoms with E-state index < -0.39 is 12.7 Å². The standard InChI is InChI=1S/C16H14ClF3N6O/c1-21-14(27)9-3-2-8(6-11(9)17)24-15-25-12-10(4-5-22-12)13(26-15)23-7-16(18,19)20/h2-6H,7H2,1H3,(H,21,27)(H3,22,23,24,25,26). The second kappa shape index (κ2) is 7.31. The van der Waals surface area contributed by atoms with E-state index in [4.69, 9.17) is 11.6 Å². The molecule has 0 aliphatic carbocycles. The minimum atomic E-state index is -4.38. The van der Waals surface area contributed by atoms with Crippen molar-refractivity contribution in [3.63, 3.8) is 0 Å². The Balaban J connectivity index is 1.89. The lowest BCUT2D eigenvalue weighted by Gasteiger charge is -2.12. The largest absolute Gasteiger partial charge is 0.405 e. The summed E-state index contributed by atoms with van der Waals surface area (Å²) in [5.74, 6) is -0.234. The van der Waals surface area contributed by atoms with Crippen molar-refractivity contribution in [1.82, 2.24) is 20.3 Å². The van der Waals surface area contributed by atoms with Gasteiger partial charge in [-0.15, -0.1) is 0 Å². The molecule has 0 saturated carbocycles. The molecule has 0 fully saturated rings. The van der Waals surface area contributed by atoms with Gasteiger partial charge in [0.1, 0.15) is 18.0 Å². The van der Waals surface area contributed by atoms with Crippen LogP contribution in [0.1, 0.15) is 10.4 Å². The molecule has 3 aromatic rings. The fraction of sp³-hybridized carbons (Fsp3) is 0.188. The second-order valence-electron chi connectivity index (χ2n) is 5.50. The molecule has 1 aromatic carbocycles. The molecular weight excluding hydrogens is 385 g/mol. The van der Waals surface area contributed by atoms with Crippen molar-refractivity contribution in [2.45, 2.75) is 6.18 Å². The number of hydrogen-bond acceptors (Lipinski definition) is 5. The summed E-state index contributed by atoms with van der Waals surface area (Å²) in [5.41, 5.74) is 1.13. The van der Waals surface area contributed by atoms with Gasteiger partial charge in [0.15, 0.2) is 0 Å². The van der Waals surface area contributed by atoms with Crippen molar-refractivity contribution in [3.8, 4) is 0 Å². The number of nitrogens with one attached hydrogen (secondary N) is 4. The molecule has 4 N–H and O–H groups in total. The average molecular weight is 399 g/mol. The van der Waals surface area contributed by atoms with Crippen LogP contribution in [0.2, 0.25) is 5.02 Å². The summed E-state index contributed by atoms with van der Waals surface area (Å²) in [5, 5.41) is 8.24. The van der Waals surface area contributed by atoms with E-state index >= 15 is 0 Å². The van der Waals surface area contributed by atoms with Gasteiger partial charge in [-0.1, -0.05) is 11.6 Å². The van der Waals surface area contributed by atoms with Gasteiger partial charge in [-0.05, 0) is 24.3 Å². The van der Waals surface area contributed by atoms with Crippen molar-refractivity contribution in [1.29, 1.82) is 0 Å². The number of nitrogens with zero attached hydrogens (tertiary/aromatic N) is 2. The molecule has 7 nitrogen and oxygen atoms in total. The lowest BCUT2D eigenvalue weighted by Crippen LogP contribution is -2.22. The smallest absolute Gasteiger partial charge is 0.360 e. The number of fused-ring (bicyclic) bond motifs is 1. The van der Waals surface area contributed by atoms with Crippen LogP contribution in [0.15, 0.2) is 30.5 Å². The number of benzene rings is 1. The summed E-state index contributed by atoms with van der Waals surface area (Å²) < 4.78 is 37.5. The topological polar surface area (TPSA) is 94.7 Å². The number of anilines is 3. The van der Waals surface area contributed by atoms with Crippen molar-refractivity contribution < 1.29 is 18.0 Å². The van der Waals surface area contributed by atoms with Gasteiger partial charge in [-0.3, -0.25) is 4.79 Å². The predicted molar refractivity (Wildman–Crippen MR) is 96.6 cm³/mol. The van der Waals surface area contributed by atoms with Crippen LogP contribution in [-0.4, -0.2) is 40.6 Å². The minimum Gasteiger partial charge on any atom is -0.360 e. The fourth-order valence-electron chi connectivity index (χ4n) is 2.36. The third kappa shape index (κ3) is 4.40. The van der Waals surface area contributed by atoms with Crippen molar-refractivity contribution in [3.05, 3.63) is 41.0 Å². The second-order valence-corrected chi connectivity index (χ2v) is 5.91. The maximum absolute atomic E-state index is 12.5. The maximum atomic E-state index is 12.5. The van der Waals surface area contributed by atoms with Crippen LogP contribution >= 0.6 is 11.6 Å². The Morgan fingerprint density at radius 1 is 1.26 bits per heavy atom. The lowest BCUT2D eigenvalue weighted by molar-refractivity contribution is -0.115. The Labute approximate surface area is 156 Å². The summed E-state index contributed by atoms with van der Waals surface area (Å²) in [4.78, 5) is 22.8. The van der Waals surface area contributed by atoms with E-state index in [1.54, 1.807) is 18.3 Å². The molecule has 3 rings (SSSR count). The summed E-state index contributed by atoms with van der Waals surface area (Å²) in [6.45, 7) is -1.23. The van der Waals surface area contributed by atoms with Gasteiger partial charge in [0, 0.05) is 18.9 Å². The number of aromatic amines is 1. The van der Waals surface area contributed by atoms with Crippen molar-refractivity contribution in [2.75, 3.05) is 24.2 Å². The summed E-state index contributed by atoms with van der Waals surface area (Å²) in [6.07, 6.45) is -2.83. The summed E-state index contributed by atoms with van der Waals surface area (Å²) in [7, 11) is 1.49. The number of alkyl halides is 3. The van der Waals surface area contributed by atoms with Gasteiger partial charge in [0.2, 0.25) is 5.95 Å². The molecule has 1 amide bonds. The first-order valence-electron chi connectivity index (χ1n) is 7.71. The molecule has 27 heavy (non-hydrogen) atoms. The number of amides is 1. The van der Waals surface area contributed by atoms with Crippen LogP contribution in [0.5, 0.6) is 0 Å². The Hall–Kier alpha value is -3.01. The van der Waals surface area contributed by atoms with Crippen molar-refractivity contribution in [2.24, 2.45) is 0 Å². The number of rotatable bonds is 5. The van der Waals surface area contributed by atoms with Gasteiger partial charge in [-0.2, -0.15) is 23.1 Å². The summed E-state index contributed by atoms with van der Waals surface area (Å²) >= 11 is 6.09. The van der Waals surface area contributed by atoms with Crippen LogP contribution in [-0.2, 0) is 0 Å². The average Bonchev–Trinajstić information content (AvgIpc) is 3.07. The van der Waals surface area contributed by atoms with E-state index in [9.17, 15) is 18.0 Å². The van der Waals surface area contributed by atoms with Crippen molar-refractivity contribution >= 4 is 46.0 Å². The van der Waals surface area contributed by atoms with Gasteiger partial charge in [0.25, 0.3) is 5.91 Å². The number of H-pyrrole nitrogens is 1.